The number of ether oxygens (including phenoxy) is 1. The van der Waals surface area contributed by atoms with Crippen LogP contribution in [0.2, 0.25) is 0 Å². The van der Waals surface area contributed by atoms with Crippen molar-refractivity contribution in [3.05, 3.63) is 47.6 Å². The lowest BCUT2D eigenvalue weighted by Crippen LogP contribution is -2.44. The molecule has 0 unspecified atom stereocenters. The minimum Gasteiger partial charge on any atom is -0.497 e. The van der Waals surface area contributed by atoms with E-state index in [2.05, 4.69) is 14.9 Å². The molecule has 2 aromatic heterocycles. The molecule has 9 heteroatoms. The van der Waals surface area contributed by atoms with Crippen LogP contribution in [0, 0.1) is 11.8 Å². The third-order valence-electron chi connectivity index (χ3n) is 6.56. The summed E-state index contributed by atoms with van der Waals surface area (Å²) < 4.78 is 6.42. The van der Waals surface area contributed by atoms with E-state index < -0.39 is 18.0 Å². The Morgan fingerprint density at radius 1 is 1.32 bits per heavy atom. The first-order valence-electron chi connectivity index (χ1n) is 11.6. The molecule has 0 spiro atoms. The third-order valence-corrected chi connectivity index (χ3v) is 8.62. The van der Waals surface area contributed by atoms with Crippen LogP contribution < -0.4 is 4.74 Å². The lowest BCUT2D eigenvalue weighted by Gasteiger charge is -2.37. The van der Waals surface area contributed by atoms with E-state index in [1.165, 1.54) is 0 Å². The van der Waals surface area contributed by atoms with E-state index >= 15 is 0 Å². The standard InChI is InChI=1S/C25H31N3O4S2/c1-32-18-4-5-22-20(15-18)19(7-9-26-22)23(29)6-3-17-8-12-28(16-21(17)24(30)31)11-2-13-33-25-27-10-14-34-25/h4-5,7,9-10,14-15,17,21,23,29H,2-3,6,8,11-13,16H2,1H3,(H,30,31)/t17-,21+,23+/m1/s1. The second kappa shape index (κ2) is 12.0. The van der Waals surface area contributed by atoms with Crippen molar-refractivity contribution in [1.82, 2.24) is 14.9 Å². The second-order valence-corrected chi connectivity index (χ2v) is 10.9. The maximum atomic E-state index is 12.0. The van der Waals surface area contributed by atoms with Gasteiger partial charge in [-0.05, 0) is 74.5 Å². The Morgan fingerprint density at radius 2 is 2.21 bits per heavy atom. The summed E-state index contributed by atoms with van der Waals surface area (Å²) >= 11 is 3.41. The van der Waals surface area contributed by atoms with Gasteiger partial charge in [-0.25, -0.2) is 4.98 Å². The van der Waals surface area contributed by atoms with Gasteiger partial charge >= 0.3 is 5.97 Å². The maximum Gasteiger partial charge on any atom is 0.308 e. The lowest BCUT2D eigenvalue weighted by molar-refractivity contribution is -0.146. The molecule has 4 rings (SSSR count). The number of piperidine rings is 1. The molecule has 1 fully saturated rings. The van der Waals surface area contributed by atoms with Gasteiger partial charge in [-0.15, -0.1) is 11.3 Å². The third kappa shape index (κ3) is 6.27. The summed E-state index contributed by atoms with van der Waals surface area (Å²) in [5.41, 5.74) is 1.62. The molecule has 1 aliphatic heterocycles. The zero-order chi connectivity index (χ0) is 23.9. The fraction of sp³-hybridized carbons (Fsp3) is 0.480. The molecule has 0 bridgehead atoms. The molecular formula is C25H31N3O4S2. The van der Waals surface area contributed by atoms with Crippen molar-refractivity contribution >= 4 is 40.0 Å². The first-order chi connectivity index (χ1) is 16.5. The van der Waals surface area contributed by atoms with E-state index in [1.807, 2.05) is 35.8 Å². The van der Waals surface area contributed by atoms with Crippen molar-refractivity contribution in [3.63, 3.8) is 0 Å². The molecule has 0 amide bonds. The number of benzene rings is 1. The smallest absolute Gasteiger partial charge is 0.308 e. The van der Waals surface area contributed by atoms with E-state index in [9.17, 15) is 15.0 Å². The predicted octanol–water partition coefficient (Wildman–Crippen LogP) is 4.72. The lowest BCUT2D eigenvalue weighted by atomic mass is 9.81. The van der Waals surface area contributed by atoms with Crippen LogP contribution in [0.15, 0.2) is 46.4 Å². The number of aliphatic carboxylic acids is 1. The van der Waals surface area contributed by atoms with Crippen molar-refractivity contribution in [3.8, 4) is 5.75 Å². The number of aliphatic hydroxyl groups excluding tert-OH is 1. The Kier molecular flexibility index (Phi) is 8.77. The summed E-state index contributed by atoms with van der Waals surface area (Å²) in [7, 11) is 1.62. The van der Waals surface area contributed by atoms with Crippen molar-refractivity contribution < 1.29 is 19.7 Å². The number of hydrogen-bond donors (Lipinski definition) is 2. The van der Waals surface area contributed by atoms with Crippen LogP contribution in [-0.2, 0) is 4.79 Å². The monoisotopic (exact) mass is 501 g/mol. The van der Waals surface area contributed by atoms with Crippen molar-refractivity contribution in [2.45, 2.75) is 36.1 Å². The fourth-order valence-electron chi connectivity index (χ4n) is 4.72. The van der Waals surface area contributed by atoms with E-state index in [0.29, 0.717) is 19.4 Å². The molecule has 3 aromatic rings. The number of likely N-dealkylation sites (tertiary alicyclic amines) is 1. The number of carbonyl (C=O) groups is 1. The summed E-state index contributed by atoms with van der Waals surface area (Å²) in [4.78, 5) is 23.0. The van der Waals surface area contributed by atoms with Gasteiger partial charge in [0.15, 0.2) is 0 Å². The molecule has 0 radical (unpaired) electrons. The number of rotatable bonds is 11. The normalized spacial score (nSPS) is 19.8. The molecule has 0 aliphatic carbocycles. The number of thioether (sulfide) groups is 1. The quantitative estimate of drug-likeness (QED) is 0.288. The van der Waals surface area contributed by atoms with Crippen LogP contribution in [0.4, 0.5) is 0 Å². The number of aromatic nitrogens is 2. The SMILES string of the molecule is COc1ccc2nccc([C@@H](O)CC[C@@H]3CCN(CCCSc4nccs4)C[C@@H]3C(=O)O)c2c1. The molecule has 1 aliphatic rings. The van der Waals surface area contributed by atoms with Crippen LogP contribution in [0.3, 0.4) is 0 Å². The van der Waals surface area contributed by atoms with Crippen LogP contribution in [0.25, 0.3) is 10.9 Å². The molecule has 3 atom stereocenters. The Labute approximate surface area is 208 Å². The molecule has 0 saturated carbocycles. The molecule has 3 heterocycles. The number of hydrogen-bond acceptors (Lipinski definition) is 8. The van der Waals surface area contributed by atoms with Gasteiger partial charge in [0.25, 0.3) is 0 Å². The van der Waals surface area contributed by atoms with Crippen molar-refractivity contribution in [2.24, 2.45) is 11.8 Å². The van der Waals surface area contributed by atoms with Gasteiger partial charge < -0.3 is 19.8 Å². The number of pyridine rings is 1. The number of nitrogens with zero attached hydrogens (tertiary/aromatic N) is 3. The first-order valence-corrected chi connectivity index (χ1v) is 13.5. The highest BCUT2D eigenvalue weighted by Crippen LogP contribution is 2.34. The highest BCUT2D eigenvalue weighted by molar-refractivity contribution is 8.00. The zero-order valence-corrected chi connectivity index (χ0v) is 20.9. The number of aliphatic hydroxyl groups is 1. The highest BCUT2D eigenvalue weighted by Gasteiger charge is 2.34. The molecule has 182 valence electrons. The fourth-order valence-corrected chi connectivity index (χ4v) is 6.35. The summed E-state index contributed by atoms with van der Waals surface area (Å²) in [6.07, 6.45) is 5.91. The van der Waals surface area contributed by atoms with Crippen LogP contribution in [-0.4, -0.2) is 63.5 Å². The average Bonchev–Trinajstić information content (AvgIpc) is 3.38. The van der Waals surface area contributed by atoms with E-state index in [-0.39, 0.29) is 5.92 Å². The minimum absolute atomic E-state index is 0.0655. The topological polar surface area (TPSA) is 95.8 Å². The zero-order valence-electron chi connectivity index (χ0n) is 19.3. The van der Waals surface area contributed by atoms with Gasteiger partial charge in [0.2, 0.25) is 0 Å². The molecule has 7 nitrogen and oxygen atoms in total. The predicted molar refractivity (Wildman–Crippen MR) is 136 cm³/mol. The summed E-state index contributed by atoms with van der Waals surface area (Å²) in [6, 6.07) is 7.48. The van der Waals surface area contributed by atoms with Gasteiger partial charge in [0.05, 0.1) is 24.6 Å². The van der Waals surface area contributed by atoms with E-state index in [4.69, 9.17) is 4.74 Å². The van der Waals surface area contributed by atoms with Gasteiger partial charge in [0.1, 0.15) is 10.1 Å². The van der Waals surface area contributed by atoms with Gasteiger partial charge in [-0.3, -0.25) is 9.78 Å². The van der Waals surface area contributed by atoms with Gasteiger partial charge in [0, 0.05) is 35.5 Å². The summed E-state index contributed by atoms with van der Waals surface area (Å²) in [6.45, 7) is 2.39. The Balaban J connectivity index is 1.31. The molecule has 1 saturated heterocycles. The van der Waals surface area contributed by atoms with Crippen LogP contribution >= 0.6 is 23.1 Å². The summed E-state index contributed by atoms with van der Waals surface area (Å²) in [5.74, 6) is 0.637. The van der Waals surface area contributed by atoms with Gasteiger partial charge in [-0.2, -0.15) is 0 Å². The number of carboxylic acids is 1. The number of carboxylic acid groups (broad SMARTS) is 1. The number of fused-ring (bicyclic) bond motifs is 1. The molecular weight excluding hydrogens is 470 g/mol. The molecule has 1 aromatic carbocycles. The van der Waals surface area contributed by atoms with Crippen molar-refractivity contribution in [2.75, 3.05) is 32.5 Å². The van der Waals surface area contributed by atoms with E-state index in [0.717, 1.165) is 58.2 Å². The Hall–Kier alpha value is -2.20. The van der Waals surface area contributed by atoms with Crippen LogP contribution in [0.5, 0.6) is 5.75 Å². The first kappa shape index (κ1) is 24.9. The Morgan fingerprint density at radius 3 is 2.97 bits per heavy atom. The highest BCUT2D eigenvalue weighted by atomic mass is 32.2. The van der Waals surface area contributed by atoms with E-state index in [1.54, 1.807) is 36.4 Å². The maximum absolute atomic E-state index is 12.0. The van der Waals surface area contributed by atoms with Crippen LogP contribution in [0.1, 0.15) is 37.4 Å². The molecule has 34 heavy (non-hydrogen) atoms. The summed E-state index contributed by atoms with van der Waals surface area (Å²) in [5, 5.41) is 23.7. The average molecular weight is 502 g/mol. The van der Waals surface area contributed by atoms with Crippen molar-refractivity contribution in [1.29, 1.82) is 0 Å². The molecule has 2 N–H and O–H groups in total. The number of methoxy groups -OCH3 is 1. The van der Waals surface area contributed by atoms with Gasteiger partial charge in [-0.1, -0.05) is 11.8 Å². The number of thiazole rings is 1. The Bertz CT molecular complexity index is 1080. The minimum atomic E-state index is -0.736. The largest absolute Gasteiger partial charge is 0.497 e. The second-order valence-electron chi connectivity index (χ2n) is 8.67.